The van der Waals surface area contributed by atoms with E-state index in [-0.39, 0.29) is 29.8 Å². The minimum atomic E-state index is -0.160. The second-order valence-corrected chi connectivity index (χ2v) is 8.22. The third-order valence-electron chi connectivity index (χ3n) is 5.13. The summed E-state index contributed by atoms with van der Waals surface area (Å²) in [5, 5.41) is 8.91. The van der Waals surface area contributed by atoms with Crippen molar-refractivity contribution in [1.82, 2.24) is 15.5 Å². The zero-order chi connectivity index (χ0) is 19.1. The highest BCUT2D eigenvalue weighted by Gasteiger charge is 2.19. The second kappa shape index (κ2) is 11.7. The molecule has 1 aliphatic heterocycles. The van der Waals surface area contributed by atoms with Crippen LogP contribution < -0.4 is 10.6 Å². The molecule has 0 atom stereocenters. The van der Waals surface area contributed by atoms with Crippen molar-refractivity contribution < 1.29 is 4.39 Å². The van der Waals surface area contributed by atoms with Crippen LogP contribution in [0, 0.1) is 18.7 Å². The Morgan fingerprint density at radius 2 is 2.04 bits per heavy atom. The fourth-order valence-electron chi connectivity index (χ4n) is 3.44. The first-order valence-electron chi connectivity index (χ1n) is 9.58. The van der Waals surface area contributed by atoms with Crippen molar-refractivity contribution in [3.8, 4) is 0 Å². The molecule has 0 unspecified atom stereocenters. The van der Waals surface area contributed by atoms with Crippen LogP contribution in [0.25, 0.3) is 0 Å². The molecule has 3 rings (SSSR count). The Labute approximate surface area is 188 Å². The van der Waals surface area contributed by atoms with Crippen LogP contribution in [-0.2, 0) is 13.1 Å². The summed E-state index contributed by atoms with van der Waals surface area (Å²) >= 11 is 1.84. The summed E-state index contributed by atoms with van der Waals surface area (Å²) < 4.78 is 13.4. The van der Waals surface area contributed by atoms with E-state index in [9.17, 15) is 4.39 Å². The van der Waals surface area contributed by atoms with E-state index < -0.39 is 0 Å². The Kier molecular flexibility index (Phi) is 9.67. The molecule has 0 bridgehead atoms. The Hall–Kier alpha value is -1.19. The van der Waals surface area contributed by atoms with Gasteiger partial charge in [0, 0.05) is 31.6 Å². The van der Waals surface area contributed by atoms with Crippen LogP contribution >= 0.6 is 35.3 Å². The van der Waals surface area contributed by atoms with E-state index in [0.717, 1.165) is 37.7 Å². The molecular weight excluding hydrogens is 486 g/mol. The zero-order valence-corrected chi connectivity index (χ0v) is 19.7. The van der Waals surface area contributed by atoms with E-state index in [1.807, 2.05) is 23.5 Å². The van der Waals surface area contributed by atoms with Gasteiger partial charge in [0.05, 0.1) is 0 Å². The Morgan fingerprint density at radius 1 is 1.25 bits per heavy atom. The van der Waals surface area contributed by atoms with E-state index in [4.69, 9.17) is 0 Å². The van der Waals surface area contributed by atoms with E-state index in [1.165, 1.54) is 23.8 Å². The minimum Gasteiger partial charge on any atom is -0.356 e. The molecule has 0 saturated carbocycles. The van der Waals surface area contributed by atoms with Crippen LogP contribution in [0.3, 0.4) is 0 Å². The van der Waals surface area contributed by atoms with Crippen LogP contribution in [0.2, 0.25) is 0 Å². The Bertz CT molecular complexity index is 743. The predicted octanol–water partition coefficient (Wildman–Crippen LogP) is 4.39. The maximum absolute atomic E-state index is 13.4. The molecule has 1 aliphatic rings. The molecule has 0 amide bonds. The molecule has 0 aliphatic carbocycles. The number of hydrogen-bond acceptors (Lipinski definition) is 3. The number of aryl methyl sites for hydroxylation is 1. The number of benzene rings is 1. The molecule has 1 fully saturated rings. The maximum atomic E-state index is 13.4. The lowest BCUT2D eigenvalue weighted by atomic mass is 9.97. The summed E-state index contributed by atoms with van der Waals surface area (Å²) in [5.41, 5.74) is 1.73. The lowest BCUT2D eigenvalue weighted by Gasteiger charge is -2.32. The average Bonchev–Trinajstić information content (AvgIpc) is 3.19. The normalized spacial score (nSPS) is 15.9. The third kappa shape index (κ3) is 7.00. The lowest BCUT2D eigenvalue weighted by Crippen LogP contribution is -2.42. The van der Waals surface area contributed by atoms with Crippen molar-refractivity contribution in [1.29, 1.82) is 0 Å². The number of rotatable bonds is 6. The van der Waals surface area contributed by atoms with Crippen molar-refractivity contribution in [3.63, 3.8) is 0 Å². The molecule has 1 aromatic carbocycles. The number of halogens is 2. The van der Waals surface area contributed by atoms with Crippen LogP contribution in [0.1, 0.15) is 28.8 Å². The average molecular weight is 516 g/mol. The molecule has 2 heterocycles. The van der Waals surface area contributed by atoms with Gasteiger partial charge in [-0.1, -0.05) is 18.2 Å². The van der Waals surface area contributed by atoms with Crippen LogP contribution in [0.4, 0.5) is 4.39 Å². The topological polar surface area (TPSA) is 39.7 Å². The summed E-state index contributed by atoms with van der Waals surface area (Å²) in [6.07, 6.45) is 2.43. The number of thiophene rings is 1. The summed E-state index contributed by atoms with van der Waals surface area (Å²) in [6, 6.07) is 9.55. The first-order valence-corrected chi connectivity index (χ1v) is 10.5. The molecule has 4 nitrogen and oxygen atoms in total. The third-order valence-corrected chi connectivity index (χ3v) is 5.99. The number of piperidine rings is 1. The number of guanidine groups is 1. The van der Waals surface area contributed by atoms with Gasteiger partial charge in [-0.15, -0.1) is 35.3 Å². The predicted molar refractivity (Wildman–Crippen MR) is 127 cm³/mol. The number of aliphatic imine (C=N–C) groups is 1. The Balaban J connectivity index is 0.00000280. The minimum absolute atomic E-state index is 0. The molecule has 28 heavy (non-hydrogen) atoms. The molecule has 154 valence electrons. The van der Waals surface area contributed by atoms with Gasteiger partial charge in [-0.25, -0.2) is 4.39 Å². The van der Waals surface area contributed by atoms with Gasteiger partial charge in [0.25, 0.3) is 0 Å². The number of nitrogens with one attached hydrogen (secondary N) is 2. The van der Waals surface area contributed by atoms with Crippen molar-refractivity contribution >= 4 is 41.3 Å². The van der Waals surface area contributed by atoms with Gasteiger partial charge in [-0.2, -0.15) is 0 Å². The van der Waals surface area contributed by atoms with Gasteiger partial charge in [0.1, 0.15) is 5.82 Å². The highest BCUT2D eigenvalue weighted by atomic mass is 127. The summed E-state index contributed by atoms with van der Waals surface area (Å²) in [5.74, 6) is 1.32. The van der Waals surface area contributed by atoms with Gasteiger partial charge in [-0.05, 0) is 67.4 Å². The van der Waals surface area contributed by atoms with Crippen molar-refractivity contribution in [3.05, 3.63) is 57.5 Å². The number of hydrogen-bond donors (Lipinski definition) is 2. The fourth-order valence-corrected chi connectivity index (χ4v) is 4.18. The first-order chi connectivity index (χ1) is 13.1. The molecule has 0 spiro atoms. The smallest absolute Gasteiger partial charge is 0.191 e. The van der Waals surface area contributed by atoms with E-state index in [0.29, 0.717) is 18.0 Å². The van der Waals surface area contributed by atoms with Crippen LogP contribution in [0.5, 0.6) is 0 Å². The fraction of sp³-hybridized carbons (Fsp3) is 0.476. The SMILES string of the molecule is CN=C(NCc1ccc(F)c(C)c1)NCC1CCN(Cc2cccs2)CC1.I. The molecule has 7 heteroatoms. The van der Waals surface area contributed by atoms with Crippen molar-refractivity contribution in [2.24, 2.45) is 10.9 Å². The standard InChI is InChI=1S/C21H29FN4S.HI/c1-16-12-18(5-6-20(16)22)14-25-21(23-2)24-13-17-7-9-26(10-8-17)15-19-4-3-11-27-19;/h3-6,11-12,17H,7-10,13-15H2,1-2H3,(H2,23,24,25);1H. The highest BCUT2D eigenvalue weighted by Crippen LogP contribution is 2.20. The molecule has 2 N–H and O–H groups in total. The summed E-state index contributed by atoms with van der Waals surface area (Å²) in [6.45, 7) is 6.76. The van der Waals surface area contributed by atoms with Crippen LogP contribution in [-0.4, -0.2) is 37.5 Å². The maximum Gasteiger partial charge on any atom is 0.191 e. The molecular formula is C21H30FIN4S. The van der Waals surface area contributed by atoms with Gasteiger partial charge < -0.3 is 10.6 Å². The Morgan fingerprint density at radius 3 is 2.68 bits per heavy atom. The van der Waals surface area contributed by atoms with Crippen LogP contribution in [0.15, 0.2) is 40.7 Å². The van der Waals surface area contributed by atoms with Gasteiger partial charge >= 0.3 is 0 Å². The van der Waals surface area contributed by atoms with Crippen molar-refractivity contribution in [2.75, 3.05) is 26.7 Å². The summed E-state index contributed by atoms with van der Waals surface area (Å²) in [7, 11) is 1.79. The molecule has 1 saturated heterocycles. The zero-order valence-electron chi connectivity index (χ0n) is 16.6. The van der Waals surface area contributed by atoms with Gasteiger partial charge in [0.2, 0.25) is 0 Å². The van der Waals surface area contributed by atoms with E-state index >= 15 is 0 Å². The largest absolute Gasteiger partial charge is 0.356 e. The number of likely N-dealkylation sites (tertiary alicyclic amines) is 1. The quantitative estimate of drug-likeness (QED) is 0.340. The van der Waals surface area contributed by atoms with Crippen molar-refractivity contribution in [2.45, 2.75) is 32.9 Å². The monoisotopic (exact) mass is 516 g/mol. The van der Waals surface area contributed by atoms with E-state index in [2.05, 4.69) is 38.0 Å². The second-order valence-electron chi connectivity index (χ2n) is 7.19. The molecule has 1 aromatic heterocycles. The van der Waals surface area contributed by atoms with Gasteiger partial charge in [0.15, 0.2) is 5.96 Å². The first kappa shape index (κ1) is 23.1. The molecule has 2 aromatic rings. The highest BCUT2D eigenvalue weighted by molar-refractivity contribution is 14.0. The van der Waals surface area contributed by atoms with Gasteiger partial charge in [-0.3, -0.25) is 9.89 Å². The molecule has 0 radical (unpaired) electrons. The number of nitrogens with zero attached hydrogens (tertiary/aromatic N) is 2. The summed E-state index contributed by atoms with van der Waals surface area (Å²) in [4.78, 5) is 8.30. The lowest BCUT2D eigenvalue weighted by molar-refractivity contribution is 0.179. The van der Waals surface area contributed by atoms with E-state index in [1.54, 1.807) is 14.0 Å².